The average molecular weight is 354 g/mol. The van der Waals surface area contributed by atoms with Gasteiger partial charge in [-0.25, -0.2) is 19.3 Å². The highest BCUT2D eigenvalue weighted by Crippen LogP contribution is 2.31. The zero-order valence-electron chi connectivity index (χ0n) is 13.8. The van der Waals surface area contributed by atoms with Crippen LogP contribution in [0.2, 0.25) is 0 Å². The summed E-state index contributed by atoms with van der Waals surface area (Å²) >= 11 is 0. The molecule has 2 N–H and O–H groups in total. The van der Waals surface area contributed by atoms with Crippen molar-refractivity contribution in [2.75, 3.05) is 10.6 Å². The maximum absolute atomic E-state index is 13.0. The molecule has 0 aliphatic heterocycles. The van der Waals surface area contributed by atoms with Crippen molar-refractivity contribution in [2.24, 2.45) is 0 Å². The van der Waals surface area contributed by atoms with Gasteiger partial charge in [-0.05, 0) is 36.2 Å². The monoisotopic (exact) mass is 354 g/mol. The molecule has 3 aromatic rings. The molecule has 2 heterocycles. The number of nitrogens with one attached hydrogen (secondary N) is 2. The van der Waals surface area contributed by atoms with Crippen LogP contribution in [0.25, 0.3) is 0 Å². The Morgan fingerprint density at radius 2 is 1.81 bits per heavy atom. The summed E-state index contributed by atoms with van der Waals surface area (Å²) in [5.74, 6) is 0.219. The Kier molecular flexibility index (Phi) is 4.97. The molecule has 9 heteroatoms. The average Bonchev–Trinajstić information content (AvgIpc) is 2.63. The van der Waals surface area contributed by atoms with E-state index >= 15 is 0 Å². The fraction of sp³-hybridized carbons (Fsp3) is 0.118. The number of hydrogen-bond donors (Lipinski definition) is 2. The number of aromatic nitrogens is 3. The first kappa shape index (κ1) is 17.2. The van der Waals surface area contributed by atoms with Gasteiger partial charge in [0.25, 0.3) is 0 Å². The van der Waals surface area contributed by atoms with E-state index < -0.39 is 4.92 Å². The highest BCUT2D eigenvalue weighted by Gasteiger charge is 2.23. The Balaban J connectivity index is 1.87. The molecule has 1 aromatic carbocycles. The third kappa shape index (κ3) is 3.89. The Bertz CT molecular complexity index is 933. The highest BCUT2D eigenvalue weighted by atomic mass is 19.1. The maximum Gasteiger partial charge on any atom is 0.353 e. The zero-order valence-corrected chi connectivity index (χ0v) is 13.8. The van der Waals surface area contributed by atoms with Crippen molar-refractivity contribution in [1.82, 2.24) is 15.0 Å². The van der Waals surface area contributed by atoms with Crippen LogP contribution in [0.4, 0.5) is 27.5 Å². The van der Waals surface area contributed by atoms with Gasteiger partial charge in [-0.2, -0.15) is 0 Å². The molecule has 8 nitrogen and oxygen atoms in total. The molecule has 0 spiro atoms. The van der Waals surface area contributed by atoms with E-state index in [0.717, 1.165) is 11.1 Å². The summed E-state index contributed by atoms with van der Waals surface area (Å²) in [6, 6.07) is 9.42. The molecule has 0 aliphatic rings. The lowest BCUT2D eigenvalue weighted by Gasteiger charge is -2.11. The number of benzene rings is 1. The van der Waals surface area contributed by atoms with Crippen molar-refractivity contribution in [3.05, 3.63) is 76.0 Å². The Morgan fingerprint density at radius 3 is 2.50 bits per heavy atom. The molecule has 132 valence electrons. The molecule has 0 atom stereocenters. The van der Waals surface area contributed by atoms with Crippen LogP contribution < -0.4 is 10.6 Å². The van der Waals surface area contributed by atoms with Gasteiger partial charge >= 0.3 is 5.69 Å². The first-order valence-electron chi connectivity index (χ1n) is 7.71. The molecule has 0 saturated heterocycles. The van der Waals surface area contributed by atoms with E-state index in [2.05, 4.69) is 25.6 Å². The molecule has 26 heavy (non-hydrogen) atoms. The third-order valence-corrected chi connectivity index (χ3v) is 3.62. The van der Waals surface area contributed by atoms with E-state index in [4.69, 9.17) is 0 Å². The molecular weight excluding hydrogens is 339 g/mol. The smallest absolute Gasteiger partial charge is 0.353 e. The van der Waals surface area contributed by atoms with Crippen molar-refractivity contribution in [2.45, 2.75) is 13.5 Å². The van der Waals surface area contributed by atoms with Crippen molar-refractivity contribution in [1.29, 1.82) is 0 Å². The van der Waals surface area contributed by atoms with E-state index in [1.54, 1.807) is 24.4 Å². The summed E-state index contributed by atoms with van der Waals surface area (Å²) in [6.45, 7) is 2.08. The summed E-state index contributed by atoms with van der Waals surface area (Å²) in [5, 5.41) is 17.3. The standard InChI is InChI=1S/C17H15FN6O2/c1-11-3-2-8-19-15(11)23-17-14(24(25)26)16(21-10-22-17)20-9-12-4-6-13(18)7-5-12/h2-8,10H,9H2,1H3,(H2,19,20,21,22,23). The molecule has 0 fully saturated rings. The first-order valence-corrected chi connectivity index (χ1v) is 7.71. The van der Waals surface area contributed by atoms with Crippen molar-refractivity contribution in [3.8, 4) is 0 Å². The van der Waals surface area contributed by atoms with E-state index in [1.165, 1.54) is 18.5 Å². The van der Waals surface area contributed by atoms with Crippen LogP contribution in [0.1, 0.15) is 11.1 Å². The largest absolute Gasteiger partial charge is 0.360 e. The van der Waals surface area contributed by atoms with Crippen LogP contribution in [-0.4, -0.2) is 19.9 Å². The van der Waals surface area contributed by atoms with E-state index in [1.807, 2.05) is 13.0 Å². The molecule has 0 amide bonds. The van der Waals surface area contributed by atoms with E-state index in [0.29, 0.717) is 5.82 Å². The van der Waals surface area contributed by atoms with Gasteiger partial charge < -0.3 is 10.6 Å². The van der Waals surface area contributed by atoms with Crippen molar-refractivity contribution >= 4 is 23.1 Å². The minimum Gasteiger partial charge on any atom is -0.360 e. The summed E-state index contributed by atoms with van der Waals surface area (Å²) in [7, 11) is 0. The molecule has 0 unspecified atom stereocenters. The van der Waals surface area contributed by atoms with E-state index in [9.17, 15) is 14.5 Å². The zero-order chi connectivity index (χ0) is 18.5. The van der Waals surface area contributed by atoms with Crippen molar-refractivity contribution in [3.63, 3.8) is 0 Å². The second-order valence-corrected chi connectivity index (χ2v) is 5.45. The Labute approximate surface area is 148 Å². The lowest BCUT2D eigenvalue weighted by Crippen LogP contribution is -2.09. The summed E-state index contributed by atoms with van der Waals surface area (Å²) in [5.41, 5.74) is 1.29. The van der Waals surface area contributed by atoms with Crippen LogP contribution in [0.3, 0.4) is 0 Å². The number of halogens is 1. The number of nitro groups is 1. The predicted octanol–water partition coefficient (Wildman–Crippen LogP) is 3.58. The lowest BCUT2D eigenvalue weighted by molar-refractivity contribution is -0.383. The number of anilines is 3. The molecule has 0 radical (unpaired) electrons. The van der Waals surface area contributed by atoms with Gasteiger partial charge in [0.1, 0.15) is 18.0 Å². The number of pyridine rings is 1. The Hall–Kier alpha value is -3.62. The quantitative estimate of drug-likeness (QED) is 0.515. The van der Waals surface area contributed by atoms with Crippen LogP contribution in [0.15, 0.2) is 48.9 Å². The number of aryl methyl sites for hydroxylation is 1. The van der Waals surface area contributed by atoms with Crippen LogP contribution in [-0.2, 0) is 6.54 Å². The van der Waals surface area contributed by atoms with Gasteiger partial charge in [-0.1, -0.05) is 18.2 Å². The summed E-state index contributed by atoms with van der Waals surface area (Å²) in [6.07, 6.45) is 2.80. The molecule has 3 rings (SSSR count). The van der Waals surface area contributed by atoms with E-state index in [-0.39, 0.29) is 29.7 Å². The van der Waals surface area contributed by atoms with Crippen molar-refractivity contribution < 1.29 is 9.31 Å². The summed E-state index contributed by atoms with van der Waals surface area (Å²) < 4.78 is 13.0. The normalized spacial score (nSPS) is 10.4. The minimum atomic E-state index is -0.562. The van der Waals surface area contributed by atoms with Crippen LogP contribution in [0, 0.1) is 22.9 Å². The molecule has 2 aromatic heterocycles. The fourth-order valence-electron chi connectivity index (χ4n) is 2.29. The predicted molar refractivity (Wildman–Crippen MR) is 94.7 cm³/mol. The second kappa shape index (κ2) is 7.51. The van der Waals surface area contributed by atoms with Gasteiger partial charge in [0.15, 0.2) is 0 Å². The van der Waals surface area contributed by atoms with Gasteiger partial charge in [-0.15, -0.1) is 0 Å². The van der Waals surface area contributed by atoms with Gasteiger partial charge in [0.2, 0.25) is 11.6 Å². The molecular formula is C17H15FN6O2. The van der Waals surface area contributed by atoms with Crippen LogP contribution >= 0.6 is 0 Å². The molecule has 0 saturated carbocycles. The minimum absolute atomic E-state index is 0.0356. The lowest BCUT2D eigenvalue weighted by atomic mass is 10.2. The van der Waals surface area contributed by atoms with Gasteiger partial charge in [0.05, 0.1) is 4.92 Å². The first-order chi connectivity index (χ1) is 12.5. The molecule has 0 bridgehead atoms. The number of rotatable bonds is 6. The molecule has 0 aliphatic carbocycles. The number of nitrogens with zero attached hydrogens (tertiary/aromatic N) is 4. The van der Waals surface area contributed by atoms with Gasteiger partial charge in [0, 0.05) is 12.7 Å². The summed E-state index contributed by atoms with van der Waals surface area (Å²) in [4.78, 5) is 23.1. The highest BCUT2D eigenvalue weighted by molar-refractivity contribution is 5.73. The van der Waals surface area contributed by atoms with Crippen LogP contribution in [0.5, 0.6) is 0 Å². The second-order valence-electron chi connectivity index (χ2n) is 5.45. The Morgan fingerprint density at radius 1 is 1.08 bits per heavy atom. The fourth-order valence-corrected chi connectivity index (χ4v) is 2.29. The van der Waals surface area contributed by atoms with Gasteiger partial charge in [-0.3, -0.25) is 10.1 Å². The SMILES string of the molecule is Cc1cccnc1Nc1ncnc(NCc2ccc(F)cc2)c1[N+](=O)[O-]. The topological polar surface area (TPSA) is 106 Å². The number of hydrogen-bond acceptors (Lipinski definition) is 7. The maximum atomic E-state index is 13.0. The third-order valence-electron chi connectivity index (χ3n) is 3.62.